The van der Waals surface area contributed by atoms with Crippen LogP contribution >= 0.6 is 11.3 Å². The fourth-order valence-electron chi connectivity index (χ4n) is 3.34. The second kappa shape index (κ2) is 13.3. The molecule has 0 bridgehead atoms. The summed E-state index contributed by atoms with van der Waals surface area (Å²) in [7, 11) is 0. The molecule has 1 aromatic carbocycles. The molecule has 1 unspecified atom stereocenters. The van der Waals surface area contributed by atoms with Gasteiger partial charge < -0.3 is 20.7 Å². The Morgan fingerprint density at radius 3 is 2.52 bits per heavy atom. The second-order valence-electron chi connectivity index (χ2n) is 7.69. The molecule has 0 spiro atoms. The number of halogens is 2. The summed E-state index contributed by atoms with van der Waals surface area (Å²) in [5.74, 6) is -2.38. The van der Waals surface area contributed by atoms with Crippen molar-refractivity contribution in [3.8, 4) is 0 Å². The summed E-state index contributed by atoms with van der Waals surface area (Å²) in [5.41, 5.74) is 1.02. The smallest absolute Gasteiger partial charge is 0.248 e. The molecule has 1 aromatic heterocycles. The summed E-state index contributed by atoms with van der Waals surface area (Å²) < 4.78 is 32.1. The number of hydrogen-bond donors (Lipinski definition) is 3. The number of aryl methyl sites for hydroxylation is 1. The topological polar surface area (TPSA) is 92.4 Å². The van der Waals surface area contributed by atoms with Crippen molar-refractivity contribution in [3.05, 3.63) is 46.0 Å². The van der Waals surface area contributed by atoms with Crippen LogP contribution in [0.5, 0.6) is 0 Å². The zero-order valence-corrected chi connectivity index (χ0v) is 20.3. The van der Waals surface area contributed by atoms with Crippen LogP contribution < -0.4 is 16.0 Å². The highest BCUT2D eigenvalue weighted by Gasteiger charge is 2.22. The van der Waals surface area contributed by atoms with Crippen molar-refractivity contribution in [3.63, 3.8) is 0 Å². The van der Waals surface area contributed by atoms with Gasteiger partial charge in [-0.1, -0.05) is 24.7 Å². The van der Waals surface area contributed by atoms with Gasteiger partial charge in [-0.2, -0.15) is 0 Å². The molecule has 33 heavy (non-hydrogen) atoms. The van der Waals surface area contributed by atoms with Crippen molar-refractivity contribution >= 4 is 28.3 Å². The van der Waals surface area contributed by atoms with E-state index in [-0.39, 0.29) is 23.9 Å². The highest BCUT2D eigenvalue weighted by atomic mass is 32.1. The van der Waals surface area contributed by atoms with E-state index in [0.29, 0.717) is 37.7 Å². The number of carbonyl (C=O) groups is 2. The van der Waals surface area contributed by atoms with Crippen LogP contribution in [0.1, 0.15) is 55.8 Å². The summed E-state index contributed by atoms with van der Waals surface area (Å²) in [6.07, 6.45) is 0.852. The van der Waals surface area contributed by atoms with Crippen LogP contribution in [0.15, 0.2) is 18.2 Å². The largest absolute Gasteiger partial charge is 0.380 e. The number of amides is 2. The molecule has 182 valence electrons. The standard InChI is InChI=1S/C23H32F2N4O3S/c1-5-7-19(28-20(30)12-16-10-17(24)13-18(25)11-16)22(31)29-23-27-15(4)21(33-23)14(3)26-8-9-32-6-2/h10-11,13-14,19,26H,5-9,12H2,1-4H3,(H,28,30)(H,27,29,31)/t14?,19-/m0/s1. The Hall–Kier alpha value is -2.43. The van der Waals surface area contributed by atoms with Crippen molar-refractivity contribution in [2.75, 3.05) is 25.1 Å². The minimum Gasteiger partial charge on any atom is -0.380 e. The third-order valence-corrected chi connectivity index (χ3v) is 6.13. The minimum atomic E-state index is -0.782. The van der Waals surface area contributed by atoms with Crippen LogP contribution in [0.25, 0.3) is 0 Å². The molecule has 0 saturated carbocycles. The molecule has 0 aliphatic heterocycles. The average Bonchev–Trinajstić information content (AvgIpc) is 3.10. The molecule has 0 aliphatic carbocycles. The lowest BCUT2D eigenvalue weighted by Crippen LogP contribution is -2.44. The number of benzene rings is 1. The Balaban J connectivity index is 1.98. The van der Waals surface area contributed by atoms with E-state index >= 15 is 0 Å². The quantitative estimate of drug-likeness (QED) is 0.377. The number of nitrogens with one attached hydrogen (secondary N) is 3. The molecular formula is C23H32F2N4O3S. The maximum atomic E-state index is 13.4. The molecule has 2 rings (SSSR count). The molecule has 2 aromatic rings. The Morgan fingerprint density at radius 1 is 1.18 bits per heavy atom. The highest BCUT2D eigenvalue weighted by molar-refractivity contribution is 7.16. The molecule has 1 heterocycles. The van der Waals surface area contributed by atoms with E-state index in [2.05, 4.69) is 20.9 Å². The monoisotopic (exact) mass is 482 g/mol. The third-order valence-electron chi connectivity index (χ3n) is 4.87. The molecule has 0 radical (unpaired) electrons. The first-order chi connectivity index (χ1) is 15.7. The van der Waals surface area contributed by atoms with E-state index in [0.717, 1.165) is 28.8 Å². The van der Waals surface area contributed by atoms with Crippen LogP contribution in [0.3, 0.4) is 0 Å². The van der Waals surface area contributed by atoms with E-state index in [1.165, 1.54) is 11.3 Å². The lowest BCUT2D eigenvalue weighted by Gasteiger charge is -2.17. The fraction of sp³-hybridized carbons (Fsp3) is 0.522. The van der Waals surface area contributed by atoms with Gasteiger partial charge in [0.05, 0.1) is 18.7 Å². The van der Waals surface area contributed by atoms with Crippen molar-refractivity contribution in [2.45, 2.75) is 59.0 Å². The number of thiazole rings is 1. The summed E-state index contributed by atoms with van der Waals surface area (Å²) >= 11 is 1.38. The SMILES string of the molecule is CCC[C@H](NC(=O)Cc1cc(F)cc(F)c1)C(=O)Nc1nc(C)c(C(C)NCCOCC)s1. The number of ether oxygens (including phenoxy) is 1. The van der Waals surface area contributed by atoms with Crippen LogP contribution in [0.2, 0.25) is 0 Å². The summed E-state index contributed by atoms with van der Waals surface area (Å²) in [5, 5.41) is 9.27. The Bertz CT molecular complexity index is 918. The molecule has 0 aliphatic rings. The lowest BCUT2D eigenvalue weighted by molar-refractivity contribution is -0.126. The molecule has 0 saturated heterocycles. The zero-order chi connectivity index (χ0) is 24.4. The first-order valence-electron chi connectivity index (χ1n) is 11.1. The molecular weight excluding hydrogens is 450 g/mol. The van der Waals surface area contributed by atoms with Gasteiger partial charge in [-0.25, -0.2) is 13.8 Å². The predicted molar refractivity (Wildman–Crippen MR) is 125 cm³/mol. The Morgan fingerprint density at radius 2 is 1.88 bits per heavy atom. The van der Waals surface area contributed by atoms with Gasteiger partial charge in [0.15, 0.2) is 5.13 Å². The van der Waals surface area contributed by atoms with E-state index < -0.39 is 23.6 Å². The maximum absolute atomic E-state index is 13.4. The Labute approximate surface area is 197 Å². The van der Waals surface area contributed by atoms with Crippen LogP contribution in [-0.2, 0) is 20.7 Å². The first kappa shape index (κ1) is 26.8. The first-order valence-corrected chi connectivity index (χ1v) is 11.9. The van der Waals surface area contributed by atoms with Gasteiger partial charge in [-0.3, -0.25) is 9.59 Å². The number of anilines is 1. The van der Waals surface area contributed by atoms with Crippen LogP contribution in [0, 0.1) is 18.6 Å². The summed E-state index contributed by atoms with van der Waals surface area (Å²) in [6.45, 7) is 9.73. The van der Waals surface area contributed by atoms with Crippen LogP contribution in [0.4, 0.5) is 13.9 Å². The van der Waals surface area contributed by atoms with Gasteiger partial charge in [0.25, 0.3) is 0 Å². The maximum Gasteiger partial charge on any atom is 0.248 e. The molecule has 2 atom stereocenters. The number of rotatable bonds is 13. The van der Waals surface area contributed by atoms with Crippen LogP contribution in [-0.4, -0.2) is 42.6 Å². The number of aromatic nitrogens is 1. The second-order valence-corrected chi connectivity index (χ2v) is 8.72. The van der Waals surface area contributed by atoms with E-state index in [9.17, 15) is 18.4 Å². The van der Waals surface area contributed by atoms with E-state index in [1.807, 2.05) is 27.7 Å². The normalized spacial score (nSPS) is 12.9. The van der Waals surface area contributed by atoms with Crippen molar-refractivity contribution in [1.82, 2.24) is 15.6 Å². The molecule has 10 heteroatoms. The highest BCUT2D eigenvalue weighted by Crippen LogP contribution is 2.28. The van der Waals surface area contributed by atoms with Gasteiger partial charge in [-0.15, -0.1) is 0 Å². The summed E-state index contributed by atoms with van der Waals surface area (Å²) in [4.78, 5) is 30.7. The summed E-state index contributed by atoms with van der Waals surface area (Å²) in [6, 6.07) is 2.21. The van der Waals surface area contributed by atoms with E-state index in [4.69, 9.17) is 4.74 Å². The lowest BCUT2D eigenvalue weighted by atomic mass is 10.1. The molecule has 0 fully saturated rings. The van der Waals surface area contributed by atoms with Gasteiger partial charge in [0.1, 0.15) is 17.7 Å². The molecule has 2 amide bonds. The Kier molecular flexibility index (Phi) is 10.8. The number of hydrogen-bond acceptors (Lipinski definition) is 6. The predicted octanol–water partition coefficient (Wildman–Crippen LogP) is 3.88. The van der Waals surface area contributed by atoms with Gasteiger partial charge in [0.2, 0.25) is 11.8 Å². The van der Waals surface area contributed by atoms with Gasteiger partial charge >= 0.3 is 0 Å². The van der Waals surface area contributed by atoms with Crippen molar-refractivity contribution in [1.29, 1.82) is 0 Å². The zero-order valence-electron chi connectivity index (χ0n) is 19.5. The van der Waals surface area contributed by atoms with Gasteiger partial charge in [-0.05, 0) is 44.9 Å². The number of nitrogens with zero attached hydrogens (tertiary/aromatic N) is 1. The van der Waals surface area contributed by atoms with Crippen molar-refractivity contribution in [2.24, 2.45) is 0 Å². The van der Waals surface area contributed by atoms with E-state index in [1.54, 1.807) is 0 Å². The third kappa shape index (κ3) is 8.79. The van der Waals surface area contributed by atoms with Gasteiger partial charge in [0, 0.05) is 30.1 Å². The fourth-order valence-corrected chi connectivity index (χ4v) is 4.34. The molecule has 7 nitrogen and oxygen atoms in total. The minimum absolute atomic E-state index is 0.0476. The number of carbonyl (C=O) groups excluding carboxylic acids is 2. The average molecular weight is 483 g/mol. The van der Waals surface area contributed by atoms with Crippen molar-refractivity contribution < 1.29 is 23.1 Å². The molecule has 3 N–H and O–H groups in total.